The molecule has 3 nitrogen and oxygen atoms in total. The number of benzene rings is 2. The lowest BCUT2D eigenvalue weighted by molar-refractivity contribution is 0.0938. The van der Waals surface area contributed by atoms with Crippen molar-refractivity contribution in [1.29, 1.82) is 0 Å². The van der Waals surface area contributed by atoms with Crippen LogP contribution in [-0.4, -0.2) is 31.4 Å². The Morgan fingerprint density at radius 2 is 1.81 bits per heavy atom. The van der Waals surface area contributed by atoms with Crippen LogP contribution in [0.3, 0.4) is 0 Å². The molecule has 0 N–H and O–H groups in total. The normalized spacial score (nSPS) is 10.7. The fourth-order valence-electron chi connectivity index (χ4n) is 2.20. The van der Waals surface area contributed by atoms with E-state index in [2.05, 4.69) is 0 Å². The summed E-state index contributed by atoms with van der Waals surface area (Å²) in [6, 6.07) is 13.7. The highest BCUT2D eigenvalue weighted by molar-refractivity contribution is 5.97. The number of carbonyl (C=O) groups is 1. The van der Waals surface area contributed by atoms with Crippen LogP contribution in [0.5, 0.6) is 5.75 Å². The van der Waals surface area contributed by atoms with Crippen LogP contribution in [0.1, 0.15) is 15.9 Å². The molecule has 0 saturated carbocycles. The molecule has 0 bridgehead atoms. The lowest BCUT2D eigenvalue weighted by Gasteiger charge is -2.17. The summed E-state index contributed by atoms with van der Waals surface area (Å²) in [6.07, 6.45) is 0. The quantitative estimate of drug-likeness (QED) is 0.764. The Kier molecular flexibility index (Phi) is 5.06. The van der Waals surface area contributed by atoms with Crippen molar-refractivity contribution in [3.63, 3.8) is 0 Å². The van der Waals surface area contributed by atoms with Gasteiger partial charge in [-0.15, -0.1) is 0 Å². The molecule has 21 heavy (non-hydrogen) atoms. The van der Waals surface area contributed by atoms with Crippen molar-refractivity contribution in [1.82, 2.24) is 4.90 Å². The largest absolute Gasteiger partial charge is 0.496 e. The van der Waals surface area contributed by atoms with E-state index in [0.29, 0.717) is 6.54 Å². The monoisotopic (exact) mass is 287 g/mol. The lowest BCUT2D eigenvalue weighted by Crippen LogP contribution is -2.26. The molecular formula is C17H18FNO2. The summed E-state index contributed by atoms with van der Waals surface area (Å²) in [5.41, 5.74) is 1.12. The molecule has 2 aromatic rings. The van der Waals surface area contributed by atoms with Gasteiger partial charge >= 0.3 is 0 Å². The Balaban J connectivity index is 2.03. The minimum absolute atomic E-state index is 0.129. The van der Waals surface area contributed by atoms with Gasteiger partial charge in [-0.2, -0.15) is 0 Å². The molecule has 0 saturated heterocycles. The summed E-state index contributed by atoms with van der Waals surface area (Å²) in [6.45, 7) is 0.711. The van der Waals surface area contributed by atoms with E-state index in [1.165, 1.54) is 12.1 Å². The minimum atomic E-state index is -0.479. The molecule has 0 fully saturated rings. The Labute approximate surface area is 124 Å². The number of likely N-dealkylation sites (N-methyl/N-ethyl adjacent to an activating group) is 1. The number of hydrogen-bond donors (Lipinski definition) is 0. The number of para-hydroxylation sites is 1. The molecule has 4 heteroatoms. The zero-order valence-electron chi connectivity index (χ0n) is 12.2. The smallest absolute Gasteiger partial charge is 0.179 e. The highest BCUT2D eigenvalue weighted by atomic mass is 19.1. The number of hydrogen-bond acceptors (Lipinski definition) is 3. The van der Waals surface area contributed by atoms with Crippen LogP contribution < -0.4 is 4.74 Å². The number of Topliss-reactive ketones (excluding diaryl/α,β-unsaturated/α-hetero) is 1. The predicted octanol–water partition coefficient (Wildman–Crippen LogP) is 3.15. The molecule has 0 heterocycles. The van der Waals surface area contributed by atoms with E-state index in [1.807, 2.05) is 36.2 Å². The molecule has 2 rings (SSSR count). The third-order valence-corrected chi connectivity index (χ3v) is 3.22. The summed E-state index contributed by atoms with van der Waals surface area (Å²) in [5, 5.41) is 0. The van der Waals surface area contributed by atoms with Crippen molar-refractivity contribution in [2.45, 2.75) is 6.54 Å². The standard InChI is InChI=1S/C17H18FNO2/c1-19(11-13-7-3-6-10-17(13)21-2)12-16(20)14-8-4-5-9-15(14)18/h3-10H,11-12H2,1-2H3. The third kappa shape index (κ3) is 3.89. The maximum atomic E-state index is 13.6. The van der Waals surface area contributed by atoms with E-state index < -0.39 is 5.82 Å². The Morgan fingerprint density at radius 1 is 1.14 bits per heavy atom. The fraction of sp³-hybridized carbons (Fsp3) is 0.235. The molecule has 0 spiro atoms. The number of ketones is 1. The van der Waals surface area contributed by atoms with E-state index in [0.717, 1.165) is 11.3 Å². The molecular weight excluding hydrogens is 269 g/mol. The van der Waals surface area contributed by atoms with Crippen LogP contribution in [0.25, 0.3) is 0 Å². The van der Waals surface area contributed by atoms with E-state index in [-0.39, 0.29) is 17.9 Å². The lowest BCUT2D eigenvalue weighted by atomic mass is 10.1. The first-order chi connectivity index (χ1) is 10.1. The molecule has 0 atom stereocenters. The van der Waals surface area contributed by atoms with Crippen molar-refractivity contribution < 1.29 is 13.9 Å². The second-order valence-corrected chi connectivity index (χ2v) is 4.89. The number of nitrogens with zero attached hydrogens (tertiary/aromatic N) is 1. The molecule has 0 aliphatic carbocycles. The first-order valence-corrected chi connectivity index (χ1v) is 6.70. The van der Waals surface area contributed by atoms with Crippen molar-refractivity contribution in [3.05, 3.63) is 65.5 Å². The van der Waals surface area contributed by atoms with Gasteiger partial charge in [0.15, 0.2) is 5.78 Å². The Bertz CT molecular complexity index is 628. The van der Waals surface area contributed by atoms with E-state index >= 15 is 0 Å². The van der Waals surface area contributed by atoms with Crippen LogP contribution in [-0.2, 0) is 6.54 Å². The van der Waals surface area contributed by atoms with Crippen molar-refractivity contribution in [2.75, 3.05) is 20.7 Å². The maximum Gasteiger partial charge on any atom is 0.179 e. The average Bonchev–Trinajstić information content (AvgIpc) is 2.48. The van der Waals surface area contributed by atoms with Crippen LogP contribution >= 0.6 is 0 Å². The Morgan fingerprint density at radius 3 is 2.52 bits per heavy atom. The van der Waals surface area contributed by atoms with Gasteiger partial charge < -0.3 is 4.74 Å². The third-order valence-electron chi connectivity index (χ3n) is 3.22. The van der Waals surface area contributed by atoms with Gasteiger partial charge in [-0.05, 0) is 25.2 Å². The highest BCUT2D eigenvalue weighted by Crippen LogP contribution is 2.19. The van der Waals surface area contributed by atoms with E-state index in [4.69, 9.17) is 4.74 Å². The Hall–Kier alpha value is -2.20. The number of ether oxygens (including phenoxy) is 1. The van der Waals surface area contributed by atoms with Crippen molar-refractivity contribution >= 4 is 5.78 Å². The average molecular weight is 287 g/mol. The summed E-state index contributed by atoms with van der Waals surface area (Å²) < 4.78 is 18.9. The first-order valence-electron chi connectivity index (χ1n) is 6.70. The maximum absolute atomic E-state index is 13.6. The van der Waals surface area contributed by atoms with Gasteiger partial charge in [-0.3, -0.25) is 9.69 Å². The van der Waals surface area contributed by atoms with Gasteiger partial charge in [0.1, 0.15) is 11.6 Å². The van der Waals surface area contributed by atoms with Gasteiger partial charge in [-0.25, -0.2) is 4.39 Å². The van der Waals surface area contributed by atoms with Gasteiger partial charge in [0.2, 0.25) is 0 Å². The molecule has 2 aromatic carbocycles. The van der Waals surface area contributed by atoms with Crippen LogP contribution in [0, 0.1) is 5.82 Å². The summed E-state index contributed by atoms with van der Waals surface area (Å²) in [5.74, 6) is 0.0707. The predicted molar refractivity (Wildman–Crippen MR) is 80.1 cm³/mol. The molecule has 0 aliphatic rings. The molecule has 0 aromatic heterocycles. The second-order valence-electron chi connectivity index (χ2n) is 4.89. The molecule has 110 valence electrons. The van der Waals surface area contributed by atoms with Crippen molar-refractivity contribution in [3.8, 4) is 5.75 Å². The zero-order chi connectivity index (χ0) is 15.2. The number of halogens is 1. The van der Waals surface area contributed by atoms with Crippen LogP contribution in [0.4, 0.5) is 4.39 Å². The second kappa shape index (κ2) is 6.99. The zero-order valence-corrected chi connectivity index (χ0v) is 12.2. The number of carbonyl (C=O) groups excluding carboxylic acids is 1. The van der Waals surface area contributed by atoms with Gasteiger partial charge in [0.25, 0.3) is 0 Å². The molecule has 0 aliphatic heterocycles. The summed E-state index contributed by atoms with van der Waals surface area (Å²) in [7, 11) is 3.44. The molecule has 0 radical (unpaired) electrons. The SMILES string of the molecule is COc1ccccc1CN(C)CC(=O)c1ccccc1F. The number of rotatable bonds is 6. The molecule has 0 unspecified atom stereocenters. The van der Waals surface area contributed by atoms with E-state index in [9.17, 15) is 9.18 Å². The van der Waals surface area contributed by atoms with E-state index in [1.54, 1.807) is 19.2 Å². The van der Waals surface area contributed by atoms with Crippen LogP contribution in [0.2, 0.25) is 0 Å². The first kappa shape index (κ1) is 15.2. The minimum Gasteiger partial charge on any atom is -0.496 e. The highest BCUT2D eigenvalue weighted by Gasteiger charge is 2.14. The summed E-state index contributed by atoms with van der Waals surface area (Å²) >= 11 is 0. The summed E-state index contributed by atoms with van der Waals surface area (Å²) in [4.78, 5) is 13.9. The fourth-order valence-corrected chi connectivity index (χ4v) is 2.20. The molecule has 0 amide bonds. The van der Waals surface area contributed by atoms with Crippen LogP contribution in [0.15, 0.2) is 48.5 Å². The van der Waals surface area contributed by atoms with Gasteiger partial charge in [0.05, 0.1) is 19.2 Å². The van der Waals surface area contributed by atoms with Crippen molar-refractivity contribution in [2.24, 2.45) is 0 Å². The van der Waals surface area contributed by atoms with Gasteiger partial charge in [-0.1, -0.05) is 30.3 Å². The van der Waals surface area contributed by atoms with Gasteiger partial charge in [0, 0.05) is 12.1 Å². The number of methoxy groups -OCH3 is 1. The topological polar surface area (TPSA) is 29.5 Å².